The van der Waals surface area contributed by atoms with E-state index >= 15 is 0 Å². The maximum absolute atomic E-state index is 11.5. The summed E-state index contributed by atoms with van der Waals surface area (Å²) in [5.74, 6) is -0.104. The smallest absolute Gasteiger partial charge is 0.169 e. The van der Waals surface area contributed by atoms with E-state index in [0.29, 0.717) is 11.3 Å². The molecule has 0 amide bonds. The third-order valence-corrected chi connectivity index (χ3v) is 5.07. The number of aliphatic hydroxyl groups is 1. The zero-order valence-electron chi connectivity index (χ0n) is 8.80. The first kappa shape index (κ1) is 13.3. The Kier molecular flexibility index (Phi) is 4.18. The topological polar surface area (TPSA) is 80.4 Å². The molecular weight excluding hydrogens is 250 g/mol. The van der Waals surface area contributed by atoms with Crippen LogP contribution in [-0.2, 0) is 9.84 Å². The van der Waals surface area contributed by atoms with Crippen molar-refractivity contribution in [1.29, 1.82) is 0 Å². The number of anilines is 1. The van der Waals surface area contributed by atoms with Crippen LogP contribution in [0.25, 0.3) is 0 Å². The molecule has 4 nitrogen and oxygen atoms in total. The Morgan fingerprint density at radius 1 is 1.38 bits per heavy atom. The predicted molar refractivity (Wildman–Crippen MR) is 64.9 cm³/mol. The molecule has 0 saturated carbocycles. The molecule has 0 aliphatic rings. The van der Waals surface area contributed by atoms with Gasteiger partial charge in [-0.25, -0.2) is 8.42 Å². The lowest BCUT2D eigenvalue weighted by Gasteiger charge is -2.17. The normalized spacial score (nSPS) is 15.7. The van der Waals surface area contributed by atoms with E-state index in [-0.39, 0.29) is 5.75 Å². The molecule has 90 valence electrons. The number of nitrogens with two attached hydrogens (primary N) is 1. The van der Waals surface area contributed by atoms with Gasteiger partial charge in [-0.2, -0.15) is 0 Å². The monoisotopic (exact) mass is 263 g/mol. The van der Waals surface area contributed by atoms with Gasteiger partial charge in [-0.1, -0.05) is 19.1 Å². The first-order valence-electron chi connectivity index (χ1n) is 4.77. The molecule has 0 aromatic heterocycles. The first-order chi connectivity index (χ1) is 7.38. The maximum Gasteiger partial charge on any atom is 0.169 e. The molecular formula is C10H14ClNO3S. The number of hydrogen-bond acceptors (Lipinski definition) is 4. The molecule has 0 spiro atoms. The zero-order valence-corrected chi connectivity index (χ0v) is 10.4. The Bertz CT molecular complexity index is 444. The van der Waals surface area contributed by atoms with Crippen molar-refractivity contribution >= 4 is 27.1 Å². The van der Waals surface area contributed by atoms with Crippen LogP contribution in [0.15, 0.2) is 24.3 Å². The van der Waals surface area contributed by atoms with Gasteiger partial charge in [-0.05, 0) is 17.7 Å². The minimum atomic E-state index is -3.47. The SMILES string of the molecule is CCS(=O)(=O)[C@H](Cl)[C@@H](O)c1ccc(N)cc1. The minimum Gasteiger partial charge on any atom is -0.399 e. The van der Waals surface area contributed by atoms with Crippen molar-refractivity contribution in [3.8, 4) is 0 Å². The lowest BCUT2D eigenvalue weighted by molar-refractivity contribution is 0.192. The van der Waals surface area contributed by atoms with Crippen LogP contribution in [-0.4, -0.2) is 24.0 Å². The summed E-state index contributed by atoms with van der Waals surface area (Å²) in [6.07, 6.45) is -1.24. The van der Waals surface area contributed by atoms with Gasteiger partial charge >= 0.3 is 0 Å². The molecule has 0 fully saturated rings. The second-order valence-corrected chi connectivity index (χ2v) is 6.55. The van der Waals surface area contributed by atoms with Crippen molar-refractivity contribution in [2.24, 2.45) is 0 Å². The number of benzene rings is 1. The zero-order chi connectivity index (χ0) is 12.3. The molecule has 0 aliphatic heterocycles. The summed E-state index contributed by atoms with van der Waals surface area (Å²) >= 11 is 5.73. The van der Waals surface area contributed by atoms with E-state index in [9.17, 15) is 13.5 Å². The molecule has 1 rings (SSSR count). The van der Waals surface area contributed by atoms with Crippen molar-refractivity contribution in [3.05, 3.63) is 29.8 Å². The number of rotatable bonds is 4. The Labute approximate surface area is 100.0 Å². The highest BCUT2D eigenvalue weighted by Crippen LogP contribution is 2.26. The molecule has 0 radical (unpaired) electrons. The lowest BCUT2D eigenvalue weighted by Crippen LogP contribution is -2.24. The summed E-state index contributed by atoms with van der Waals surface area (Å²) in [7, 11) is -3.47. The van der Waals surface area contributed by atoms with Gasteiger partial charge in [0.05, 0.1) is 0 Å². The molecule has 16 heavy (non-hydrogen) atoms. The van der Waals surface area contributed by atoms with E-state index in [1.165, 1.54) is 6.92 Å². The standard InChI is InChI=1S/C10H14ClNO3S/c1-2-16(14,15)10(11)9(13)7-3-5-8(12)6-4-7/h3-6,9-10,13H,2,12H2,1H3/t9-,10-/m0/s1. The van der Waals surface area contributed by atoms with E-state index in [0.717, 1.165) is 0 Å². The van der Waals surface area contributed by atoms with Gasteiger partial charge in [0, 0.05) is 11.4 Å². The fraction of sp³-hybridized carbons (Fsp3) is 0.400. The van der Waals surface area contributed by atoms with E-state index in [1.807, 2.05) is 0 Å². The molecule has 0 bridgehead atoms. The van der Waals surface area contributed by atoms with Gasteiger partial charge in [0.2, 0.25) is 0 Å². The Hall–Kier alpha value is -0.780. The first-order valence-corrected chi connectivity index (χ1v) is 6.93. The minimum absolute atomic E-state index is 0.104. The average molecular weight is 264 g/mol. The van der Waals surface area contributed by atoms with E-state index in [4.69, 9.17) is 17.3 Å². The van der Waals surface area contributed by atoms with E-state index < -0.39 is 20.7 Å². The van der Waals surface area contributed by atoms with Crippen LogP contribution in [0.4, 0.5) is 5.69 Å². The molecule has 2 atom stereocenters. The molecule has 6 heteroatoms. The van der Waals surface area contributed by atoms with Crippen molar-refractivity contribution in [2.45, 2.75) is 17.7 Å². The van der Waals surface area contributed by atoms with Gasteiger partial charge in [0.1, 0.15) is 6.10 Å². The fourth-order valence-corrected chi connectivity index (χ4v) is 2.59. The number of sulfone groups is 1. The van der Waals surface area contributed by atoms with E-state index in [2.05, 4.69) is 0 Å². The van der Waals surface area contributed by atoms with Crippen LogP contribution >= 0.6 is 11.6 Å². The summed E-state index contributed by atoms with van der Waals surface area (Å²) in [4.78, 5) is 0. The van der Waals surface area contributed by atoms with Crippen molar-refractivity contribution in [1.82, 2.24) is 0 Å². The number of alkyl halides is 1. The summed E-state index contributed by atoms with van der Waals surface area (Å²) in [5.41, 5.74) is 6.46. The summed E-state index contributed by atoms with van der Waals surface area (Å²) < 4.78 is 21.6. The molecule has 0 saturated heterocycles. The van der Waals surface area contributed by atoms with Crippen LogP contribution < -0.4 is 5.73 Å². The van der Waals surface area contributed by atoms with Crippen LogP contribution in [0.1, 0.15) is 18.6 Å². The van der Waals surface area contributed by atoms with Gasteiger partial charge < -0.3 is 10.8 Å². The van der Waals surface area contributed by atoms with Gasteiger partial charge in [-0.15, -0.1) is 11.6 Å². The summed E-state index contributed by atoms with van der Waals surface area (Å²) in [5, 5.41) is 9.79. The van der Waals surface area contributed by atoms with Crippen molar-refractivity contribution in [3.63, 3.8) is 0 Å². The number of nitrogen functional groups attached to an aromatic ring is 1. The highest BCUT2D eigenvalue weighted by atomic mass is 35.5. The maximum atomic E-state index is 11.5. The second-order valence-electron chi connectivity index (χ2n) is 3.41. The van der Waals surface area contributed by atoms with Crippen LogP contribution in [0.3, 0.4) is 0 Å². The highest BCUT2D eigenvalue weighted by molar-refractivity contribution is 7.93. The predicted octanol–water partition coefficient (Wildman–Crippen LogP) is 1.30. The Morgan fingerprint density at radius 3 is 2.31 bits per heavy atom. The van der Waals surface area contributed by atoms with Crippen LogP contribution in [0, 0.1) is 0 Å². The van der Waals surface area contributed by atoms with Gasteiger partial charge in [0.25, 0.3) is 0 Å². The third-order valence-electron chi connectivity index (χ3n) is 2.27. The second kappa shape index (κ2) is 5.03. The largest absolute Gasteiger partial charge is 0.399 e. The molecule has 0 unspecified atom stereocenters. The van der Waals surface area contributed by atoms with Gasteiger partial charge in [0.15, 0.2) is 14.5 Å². The average Bonchev–Trinajstić information content (AvgIpc) is 2.28. The number of halogens is 1. The Morgan fingerprint density at radius 2 is 1.88 bits per heavy atom. The Balaban J connectivity index is 2.94. The number of hydrogen-bond donors (Lipinski definition) is 2. The van der Waals surface area contributed by atoms with E-state index in [1.54, 1.807) is 24.3 Å². The summed E-state index contributed by atoms with van der Waals surface area (Å²) in [6, 6.07) is 6.28. The quantitative estimate of drug-likeness (QED) is 0.634. The van der Waals surface area contributed by atoms with Crippen LogP contribution in [0.2, 0.25) is 0 Å². The third kappa shape index (κ3) is 2.87. The fourth-order valence-electron chi connectivity index (χ4n) is 1.20. The molecule has 0 heterocycles. The highest BCUT2D eigenvalue weighted by Gasteiger charge is 2.29. The van der Waals surface area contributed by atoms with Crippen molar-refractivity contribution in [2.75, 3.05) is 11.5 Å². The number of aliphatic hydroxyl groups excluding tert-OH is 1. The van der Waals surface area contributed by atoms with Gasteiger partial charge in [-0.3, -0.25) is 0 Å². The molecule has 1 aromatic carbocycles. The van der Waals surface area contributed by atoms with Crippen molar-refractivity contribution < 1.29 is 13.5 Å². The molecule has 0 aliphatic carbocycles. The molecule has 3 N–H and O–H groups in total. The molecule has 1 aromatic rings. The summed E-state index contributed by atoms with van der Waals surface area (Å²) in [6.45, 7) is 1.49. The lowest BCUT2D eigenvalue weighted by atomic mass is 10.1. The van der Waals surface area contributed by atoms with Crippen LogP contribution in [0.5, 0.6) is 0 Å².